The minimum Gasteiger partial charge on any atom is -0.294 e. The van der Waals surface area contributed by atoms with Crippen molar-refractivity contribution >= 4 is 17.6 Å². The van der Waals surface area contributed by atoms with E-state index in [1.165, 1.54) is 0 Å². The van der Waals surface area contributed by atoms with Crippen molar-refractivity contribution in [1.82, 2.24) is 0 Å². The summed E-state index contributed by atoms with van der Waals surface area (Å²) in [5.41, 5.74) is 2.39. The van der Waals surface area contributed by atoms with Crippen molar-refractivity contribution in [2.75, 3.05) is 0 Å². The Morgan fingerprint density at radius 3 is 1.86 bits per heavy atom. The van der Waals surface area contributed by atoms with Crippen LogP contribution in [0.25, 0.3) is 6.08 Å². The monoisotopic (exact) mass is 278 g/mol. The van der Waals surface area contributed by atoms with Crippen molar-refractivity contribution < 1.29 is 9.59 Å². The fraction of sp³-hybridized carbons (Fsp3) is 0.158. The summed E-state index contributed by atoms with van der Waals surface area (Å²) in [5.74, 6) is 0.164. The molecule has 0 aliphatic rings. The summed E-state index contributed by atoms with van der Waals surface area (Å²) in [6.07, 6.45) is 3.12. The Morgan fingerprint density at radius 1 is 0.810 bits per heavy atom. The molecule has 0 aliphatic heterocycles. The van der Waals surface area contributed by atoms with Crippen LogP contribution in [0.5, 0.6) is 0 Å². The predicted octanol–water partition coefficient (Wildman–Crippen LogP) is 4.57. The van der Waals surface area contributed by atoms with E-state index < -0.39 is 0 Å². The Labute approximate surface area is 125 Å². The molecule has 106 valence electrons. The van der Waals surface area contributed by atoms with Crippen LogP contribution in [0, 0.1) is 0 Å². The molecule has 0 unspecified atom stereocenters. The molecule has 0 saturated carbocycles. The van der Waals surface area contributed by atoms with Crippen molar-refractivity contribution in [2.45, 2.75) is 19.3 Å². The molecule has 0 atom stereocenters. The average Bonchev–Trinajstić information content (AvgIpc) is 2.55. The van der Waals surface area contributed by atoms with Gasteiger partial charge in [-0.15, -0.1) is 0 Å². The van der Waals surface area contributed by atoms with Crippen LogP contribution in [0.2, 0.25) is 0 Å². The standard InChI is InChI=1S/C19H18O2/c1-2-15-11-13-17(14-12-15)19(21)10-6-9-18(20)16-7-4-3-5-8-16/h2-5,7-8,11-14H,1,6,9-10H2. The lowest BCUT2D eigenvalue weighted by atomic mass is 10.0. The first-order valence-corrected chi connectivity index (χ1v) is 7.04. The van der Waals surface area contributed by atoms with Gasteiger partial charge in [0.1, 0.15) is 0 Å². The van der Waals surface area contributed by atoms with Crippen LogP contribution in [-0.2, 0) is 0 Å². The molecular formula is C19H18O2. The van der Waals surface area contributed by atoms with E-state index in [2.05, 4.69) is 6.58 Å². The Morgan fingerprint density at radius 2 is 1.33 bits per heavy atom. The predicted molar refractivity (Wildman–Crippen MR) is 85.5 cm³/mol. The molecule has 2 heteroatoms. The van der Waals surface area contributed by atoms with Gasteiger partial charge in [0.2, 0.25) is 0 Å². The molecule has 0 aromatic heterocycles. The maximum atomic E-state index is 12.0. The largest absolute Gasteiger partial charge is 0.294 e. The second-order valence-electron chi connectivity index (χ2n) is 4.89. The minimum atomic E-state index is 0.0754. The van der Waals surface area contributed by atoms with Gasteiger partial charge in [-0.3, -0.25) is 9.59 Å². The molecule has 0 amide bonds. The third-order valence-corrected chi connectivity index (χ3v) is 3.37. The fourth-order valence-electron chi connectivity index (χ4n) is 2.13. The van der Waals surface area contributed by atoms with Crippen LogP contribution in [0.4, 0.5) is 0 Å². The van der Waals surface area contributed by atoms with E-state index in [0.717, 1.165) is 5.56 Å². The quantitative estimate of drug-likeness (QED) is 0.695. The smallest absolute Gasteiger partial charge is 0.162 e. The Bertz CT molecular complexity index is 624. The third kappa shape index (κ3) is 4.25. The zero-order valence-electron chi connectivity index (χ0n) is 11.9. The van der Waals surface area contributed by atoms with Crippen LogP contribution < -0.4 is 0 Å². The van der Waals surface area contributed by atoms with Crippen LogP contribution in [0.15, 0.2) is 61.2 Å². The van der Waals surface area contributed by atoms with Crippen LogP contribution in [0.3, 0.4) is 0 Å². The van der Waals surface area contributed by atoms with Gasteiger partial charge in [-0.2, -0.15) is 0 Å². The van der Waals surface area contributed by atoms with E-state index in [1.54, 1.807) is 30.3 Å². The van der Waals surface area contributed by atoms with Gasteiger partial charge < -0.3 is 0 Å². The second-order valence-corrected chi connectivity index (χ2v) is 4.89. The molecule has 0 radical (unpaired) electrons. The molecule has 2 nitrogen and oxygen atoms in total. The maximum Gasteiger partial charge on any atom is 0.162 e. The highest BCUT2D eigenvalue weighted by molar-refractivity contribution is 5.98. The van der Waals surface area contributed by atoms with Gasteiger partial charge in [0.25, 0.3) is 0 Å². The number of ketones is 2. The first-order valence-electron chi connectivity index (χ1n) is 7.04. The van der Waals surface area contributed by atoms with Crippen LogP contribution >= 0.6 is 0 Å². The summed E-state index contributed by atoms with van der Waals surface area (Å²) in [6.45, 7) is 3.68. The van der Waals surface area contributed by atoms with E-state index in [-0.39, 0.29) is 11.6 Å². The van der Waals surface area contributed by atoms with E-state index in [1.807, 2.05) is 30.3 Å². The normalized spacial score (nSPS) is 10.1. The molecule has 2 rings (SSSR count). The summed E-state index contributed by atoms with van der Waals surface area (Å²) in [6, 6.07) is 16.5. The maximum absolute atomic E-state index is 12.0. The average molecular weight is 278 g/mol. The highest BCUT2D eigenvalue weighted by Gasteiger charge is 2.09. The summed E-state index contributed by atoms with van der Waals surface area (Å²) in [4.78, 5) is 23.9. The molecule has 0 spiro atoms. The lowest BCUT2D eigenvalue weighted by molar-refractivity contribution is 0.0957. The summed E-state index contributed by atoms with van der Waals surface area (Å²) in [7, 11) is 0. The molecule has 0 saturated heterocycles. The number of rotatable bonds is 7. The van der Waals surface area contributed by atoms with Crippen molar-refractivity contribution in [2.24, 2.45) is 0 Å². The Hall–Kier alpha value is -2.48. The molecule has 0 fully saturated rings. The van der Waals surface area contributed by atoms with Gasteiger partial charge >= 0.3 is 0 Å². The first kappa shape index (κ1) is 14.9. The molecule has 0 heterocycles. The Balaban J connectivity index is 1.84. The molecule has 21 heavy (non-hydrogen) atoms. The van der Waals surface area contributed by atoms with Gasteiger partial charge in [0, 0.05) is 24.0 Å². The number of carbonyl (C=O) groups is 2. The van der Waals surface area contributed by atoms with E-state index in [4.69, 9.17) is 0 Å². The molecule has 0 N–H and O–H groups in total. The van der Waals surface area contributed by atoms with Crippen molar-refractivity contribution in [1.29, 1.82) is 0 Å². The first-order chi connectivity index (χ1) is 10.2. The fourth-order valence-corrected chi connectivity index (χ4v) is 2.13. The van der Waals surface area contributed by atoms with Gasteiger partial charge in [0.05, 0.1) is 0 Å². The van der Waals surface area contributed by atoms with Gasteiger partial charge in [-0.25, -0.2) is 0 Å². The summed E-state index contributed by atoms with van der Waals surface area (Å²) >= 11 is 0. The van der Waals surface area contributed by atoms with Gasteiger partial charge in [0.15, 0.2) is 11.6 Å². The van der Waals surface area contributed by atoms with Crippen LogP contribution in [-0.4, -0.2) is 11.6 Å². The zero-order valence-corrected chi connectivity index (χ0v) is 11.9. The molecule has 2 aromatic carbocycles. The van der Waals surface area contributed by atoms with Crippen LogP contribution in [0.1, 0.15) is 45.5 Å². The molecule has 0 aliphatic carbocycles. The highest BCUT2D eigenvalue weighted by atomic mass is 16.1. The lowest BCUT2D eigenvalue weighted by Gasteiger charge is -2.02. The zero-order chi connectivity index (χ0) is 15.1. The number of hydrogen-bond acceptors (Lipinski definition) is 2. The number of hydrogen-bond donors (Lipinski definition) is 0. The van der Waals surface area contributed by atoms with E-state index in [9.17, 15) is 9.59 Å². The molecular weight excluding hydrogens is 260 g/mol. The van der Waals surface area contributed by atoms with E-state index in [0.29, 0.717) is 30.4 Å². The Kier molecular flexibility index (Phi) is 5.22. The van der Waals surface area contributed by atoms with Crippen molar-refractivity contribution in [3.05, 3.63) is 77.9 Å². The molecule has 0 bridgehead atoms. The number of carbonyl (C=O) groups excluding carboxylic acids is 2. The summed E-state index contributed by atoms with van der Waals surface area (Å²) < 4.78 is 0. The summed E-state index contributed by atoms with van der Waals surface area (Å²) in [5, 5.41) is 0. The number of Topliss-reactive ketones (excluding diaryl/α,β-unsaturated/α-hetero) is 2. The molecule has 2 aromatic rings. The number of benzene rings is 2. The lowest BCUT2D eigenvalue weighted by Crippen LogP contribution is -2.03. The van der Waals surface area contributed by atoms with E-state index >= 15 is 0 Å². The topological polar surface area (TPSA) is 34.1 Å². The second kappa shape index (κ2) is 7.34. The van der Waals surface area contributed by atoms with Crippen molar-refractivity contribution in [3.63, 3.8) is 0 Å². The van der Waals surface area contributed by atoms with Crippen molar-refractivity contribution in [3.8, 4) is 0 Å². The van der Waals surface area contributed by atoms with Gasteiger partial charge in [-0.05, 0) is 12.0 Å². The third-order valence-electron chi connectivity index (χ3n) is 3.37. The minimum absolute atomic E-state index is 0.0754. The SMILES string of the molecule is C=Cc1ccc(C(=O)CCCC(=O)c2ccccc2)cc1. The van der Waals surface area contributed by atoms with Gasteiger partial charge in [-0.1, -0.05) is 67.3 Å². The highest BCUT2D eigenvalue weighted by Crippen LogP contribution is 2.12.